The molecule has 0 aliphatic heterocycles. The first kappa shape index (κ1) is 18.1. The molecule has 0 radical (unpaired) electrons. The highest BCUT2D eigenvalue weighted by Crippen LogP contribution is 2.17. The van der Waals surface area contributed by atoms with E-state index in [0.29, 0.717) is 4.60 Å². The Morgan fingerprint density at radius 3 is 2.58 bits per heavy atom. The highest BCUT2D eigenvalue weighted by atomic mass is 79.9. The Bertz CT molecular complexity index is 958. The number of benzene rings is 2. The summed E-state index contributed by atoms with van der Waals surface area (Å²) in [5.74, 6) is -0.822. The monoisotopic (exact) mass is 411 g/mol. The summed E-state index contributed by atoms with van der Waals surface area (Å²) in [5, 5.41) is 4.92. The summed E-state index contributed by atoms with van der Waals surface area (Å²) < 4.78 is 0.634. The normalized spacial score (nSPS) is 11.9. The second-order valence-electron chi connectivity index (χ2n) is 6.04. The van der Waals surface area contributed by atoms with Crippen molar-refractivity contribution >= 4 is 38.5 Å². The fourth-order valence-electron chi connectivity index (χ4n) is 2.79. The first-order valence-electron chi connectivity index (χ1n) is 8.18. The Morgan fingerprint density at radius 2 is 1.85 bits per heavy atom. The van der Waals surface area contributed by atoms with Crippen LogP contribution < -0.4 is 11.1 Å². The number of aromatic nitrogens is 1. The minimum Gasteiger partial charge on any atom is -0.368 e. The van der Waals surface area contributed by atoms with Gasteiger partial charge in [-0.15, -0.1) is 0 Å². The van der Waals surface area contributed by atoms with E-state index >= 15 is 0 Å². The molecule has 0 fully saturated rings. The molecule has 132 valence electrons. The number of hydrogen-bond donors (Lipinski definition) is 2. The van der Waals surface area contributed by atoms with Crippen LogP contribution in [-0.2, 0) is 22.4 Å². The maximum Gasteiger partial charge on any atom is 0.240 e. The van der Waals surface area contributed by atoms with Gasteiger partial charge in [0.25, 0.3) is 0 Å². The molecule has 1 aromatic heterocycles. The van der Waals surface area contributed by atoms with Crippen LogP contribution >= 0.6 is 15.9 Å². The van der Waals surface area contributed by atoms with E-state index in [2.05, 4.69) is 26.2 Å². The number of amides is 2. The van der Waals surface area contributed by atoms with Gasteiger partial charge in [-0.05, 0) is 43.9 Å². The zero-order valence-electron chi connectivity index (χ0n) is 14.0. The van der Waals surface area contributed by atoms with Crippen LogP contribution in [0.5, 0.6) is 0 Å². The van der Waals surface area contributed by atoms with Crippen molar-refractivity contribution in [3.63, 3.8) is 0 Å². The standard InChI is InChI=1S/C20H18BrN3O2/c21-19-16(6-3-9-23-19)12-17(20(22)26)24-18(25)11-13-7-8-14-4-1-2-5-15(14)10-13/h1-10,17H,11-12H2,(H2,22,26)(H,24,25)/t17-/m1/s1. The highest BCUT2D eigenvalue weighted by Gasteiger charge is 2.20. The van der Waals surface area contributed by atoms with Crippen molar-refractivity contribution in [2.24, 2.45) is 5.73 Å². The van der Waals surface area contributed by atoms with Crippen molar-refractivity contribution in [3.05, 3.63) is 76.5 Å². The summed E-state index contributed by atoms with van der Waals surface area (Å²) in [4.78, 5) is 28.3. The summed E-state index contributed by atoms with van der Waals surface area (Å²) in [6, 6.07) is 16.7. The maximum atomic E-state index is 12.4. The number of rotatable bonds is 6. The fraction of sp³-hybridized carbons (Fsp3) is 0.150. The van der Waals surface area contributed by atoms with Crippen molar-refractivity contribution in [1.29, 1.82) is 0 Å². The lowest BCUT2D eigenvalue weighted by Gasteiger charge is -2.16. The number of nitrogens with two attached hydrogens (primary N) is 1. The number of carbonyl (C=O) groups is 2. The highest BCUT2D eigenvalue weighted by molar-refractivity contribution is 9.10. The van der Waals surface area contributed by atoms with Gasteiger partial charge in [0, 0.05) is 12.6 Å². The number of halogens is 1. The van der Waals surface area contributed by atoms with Gasteiger partial charge in [-0.25, -0.2) is 4.98 Å². The third-order valence-corrected chi connectivity index (χ3v) is 4.83. The molecule has 0 saturated heterocycles. The zero-order valence-corrected chi connectivity index (χ0v) is 15.6. The molecule has 0 aliphatic rings. The predicted octanol–water partition coefficient (Wildman–Crippen LogP) is 2.75. The topological polar surface area (TPSA) is 85.1 Å². The number of nitrogens with one attached hydrogen (secondary N) is 1. The van der Waals surface area contributed by atoms with E-state index in [4.69, 9.17) is 5.73 Å². The first-order chi connectivity index (χ1) is 12.5. The number of pyridine rings is 1. The van der Waals surface area contributed by atoms with Gasteiger partial charge in [-0.1, -0.05) is 48.5 Å². The first-order valence-corrected chi connectivity index (χ1v) is 8.98. The Balaban J connectivity index is 1.69. The third kappa shape index (κ3) is 4.46. The Labute approximate surface area is 159 Å². The van der Waals surface area contributed by atoms with Crippen molar-refractivity contribution in [2.75, 3.05) is 0 Å². The van der Waals surface area contributed by atoms with Crippen LogP contribution in [0.1, 0.15) is 11.1 Å². The molecule has 0 spiro atoms. The predicted molar refractivity (Wildman–Crippen MR) is 104 cm³/mol. The maximum absolute atomic E-state index is 12.4. The number of nitrogens with zero attached hydrogens (tertiary/aromatic N) is 1. The molecular formula is C20H18BrN3O2. The number of fused-ring (bicyclic) bond motifs is 1. The second-order valence-corrected chi connectivity index (χ2v) is 6.79. The summed E-state index contributed by atoms with van der Waals surface area (Å²) in [6.45, 7) is 0. The van der Waals surface area contributed by atoms with E-state index in [1.165, 1.54) is 0 Å². The largest absolute Gasteiger partial charge is 0.368 e. The molecule has 2 amide bonds. The minimum atomic E-state index is -0.788. The van der Waals surface area contributed by atoms with Crippen molar-refractivity contribution < 1.29 is 9.59 Å². The smallest absolute Gasteiger partial charge is 0.240 e. The molecule has 1 atom stereocenters. The van der Waals surface area contributed by atoms with Crippen molar-refractivity contribution in [2.45, 2.75) is 18.9 Å². The van der Waals surface area contributed by atoms with Crippen LogP contribution in [0, 0.1) is 0 Å². The molecule has 3 N–H and O–H groups in total. The molecule has 2 aromatic carbocycles. The molecule has 0 aliphatic carbocycles. The second kappa shape index (κ2) is 8.10. The van der Waals surface area contributed by atoms with Gasteiger partial charge in [0.15, 0.2) is 0 Å². The van der Waals surface area contributed by atoms with Crippen LogP contribution in [-0.4, -0.2) is 22.8 Å². The van der Waals surface area contributed by atoms with Crippen LogP contribution in [0.3, 0.4) is 0 Å². The van der Waals surface area contributed by atoms with Gasteiger partial charge in [-0.3, -0.25) is 9.59 Å². The molecule has 0 unspecified atom stereocenters. The summed E-state index contributed by atoms with van der Waals surface area (Å²) in [7, 11) is 0. The molecular weight excluding hydrogens is 394 g/mol. The van der Waals surface area contributed by atoms with Crippen LogP contribution in [0.15, 0.2) is 65.4 Å². The van der Waals surface area contributed by atoms with Crippen LogP contribution in [0.4, 0.5) is 0 Å². The van der Waals surface area contributed by atoms with E-state index < -0.39 is 11.9 Å². The van der Waals surface area contributed by atoms with E-state index in [-0.39, 0.29) is 18.7 Å². The Hall–Kier alpha value is -2.73. The lowest BCUT2D eigenvalue weighted by atomic mass is 10.0. The summed E-state index contributed by atoms with van der Waals surface area (Å²) in [5.41, 5.74) is 7.15. The van der Waals surface area contributed by atoms with Gasteiger partial charge < -0.3 is 11.1 Å². The third-order valence-electron chi connectivity index (χ3n) is 4.12. The summed E-state index contributed by atoms with van der Waals surface area (Å²) >= 11 is 3.34. The van der Waals surface area contributed by atoms with Gasteiger partial charge in [0.2, 0.25) is 11.8 Å². The SMILES string of the molecule is NC(=O)[C@@H](Cc1cccnc1Br)NC(=O)Cc1ccc2ccccc2c1. The molecule has 3 rings (SSSR count). The van der Waals surface area contributed by atoms with E-state index in [1.54, 1.807) is 12.3 Å². The van der Waals surface area contributed by atoms with Gasteiger partial charge in [-0.2, -0.15) is 0 Å². The lowest BCUT2D eigenvalue weighted by molar-refractivity contribution is -0.127. The minimum absolute atomic E-state index is 0.183. The van der Waals surface area contributed by atoms with Gasteiger partial charge in [0.1, 0.15) is 10.6 Å². The molecule has 1 heterocycles. The molecule has 5 nitrogen and oxygen atoms in total. The van der Waals surface area contributed by atoms with E-state index in [9.17, 15) is 9.59 Å². The quantitative estimate of drug-likeness (QED) is 0.611. The number of carbonyl (C=O) groups excluding carboxylic acids is 2. The fourth-order valence-corrected chi connectivity index (χ4v) is 3.21. The Kier molecular flexibility index (Phi) is 5.63. The van der Waals surface area contributed by atoms with Crippen LogP contribution in [0.2, 0.25) is 0 Å². The van der Waals surface area contributed by atoms with Crippen molar-refractivity contribution in [1.82, 2.24) is 10.3 Å². The van der Waals surface area contributed by atoms with E-state index in [1.807, 2.05) is 48.5 Å². The molecule has 26 heavy (non-hydrogen) atoms. The van der Waals surface area contributed by atoms with Gasteiger partial charge in [0.05, 0.1) is 6.42 Å². The molecule has 0 bridgehead atoms. The molecule has 6 heteroatoms. The number of hydrogen-bond acceptors (Lipinski definition) is 3. The number of primary amides is 1. The van der Waals surface area contributed by atoms with E-state index in [0.717, 1.165) is 21.9 Å². The van der Waals surface area contributed by atoms with Gasteiger partial charge >= 0.3 is 0 Å². The average Bonchev–Trinajstić information content (AvgIpc) is 2.62. The molecule has 0 saturated carbocycles. The zero-order chi connectivity index (χ0) is 18.5. The van der Waals surface area contributed by atoms with Crippen LogP contribution in [0.25, 0.3) is 10.8 Å². The Morgan fingerprint density at radius 1 is 1.08 bits per heavy atom. The summed E-state index contributed by atoms with van der Waals surface area (Å²) in [6.07, 6.45) is 2.11. The average molecular weight is 412 g/mol. The molecule has 3 aromatic rings. The van der Waals surface area contributed by atoms with Crippen molar-refractivity contribution in [3.8, 4) is 0 Å². The lowest BCUT2D eigenvalue weighted by Crippen LogP contribution is -2.46.